The van der Waals surface area contributed by atoms with Crippen molar-refractivity contribution in [3.05, 3.63) is 35.9 Å². The van der Waals surface area contributed by atoms with Gasteiger partial charge in [-0.05, 0) is 19.4 Å². The van der Waals surface area contributed by atoms with Crippen LogP contribution < -0.4 is 0 Å². The maximum atomic E-state index is 10.8. The van der Waals surface area contributed by atoms with Crippen LogP contribution in [0.5, 0.6) is 0 Å². The molecule has 2 atom stereocenters. The number of hydrogen-bond donors (Lipinski definition) is 0. The van der Waals surface area contributed by atoms with Gasteiger partial charge in [0.1, 0.15) is 0 Å². The molecule has 2 rings (SSSR count). The second-order valence-electron chi connectivity index (χ2n) is 4.92. The molecule has 1 fully saturated rings. The van der Waals surface area contributed by atoms with Crippen LogP contribution in [0.3, 0.4) is 0 Å². The highest BCUT2D eigenvalue weighted by Gasteiger charge is 2.28. The van der Waals surface area contributed by atoms with E-state index in [2.05, 4.69) is 43.0 Å². The number of nitrogens with zero attached hydrogens (tertiary/aromatic N) is 2. The van der Waals surface area contributed by atoms with E-state index in [1.807, 2.05) is 11.0 Å². The Morgan fingerprint density at radius 3 is 2.29 bits per heavy atom. The molecule has 17 heavy (non-hydrogen) atoms. The first-order chi connectivity index (χ1) is 8.20. The van der Waals surface area contributed by atoms with E-state index < -0.39 is 0 Å². The Morgan fingerprint density at radius 2 is 1.76 bits per heavy atom. The highest BCUT2D eigenvalue weighted by Crippen LogP contribution is 2.17. The van der Waals surface area contributed by atoms with Crippen LogP contribution in [0.4, 0.5) is 0 Å². The van der Waals surface area contributed by atoms with E-state index >= 15 is 0 Å². The van der Waals surface area contributed by atoms with Gasteiger partial charge in [-0.15, -0.1) is 0 Å². The summed E-state index contributed by atoms with van der Waals surface area (Å²) in [6.45, 7) is 7.02. The first-order valence-electron chi connectivity index (χ1n) is 6.19. The van der Waals surface area contributed by atoms with Crippen molar-refractivity contribution in [2.45, 2.75) is 32.5 Å². The molecule has 0 radical (unpaired) electrons. The molecule has 3 nitrogen and oxygen atoms in total. The third-order valence-corrected chi connectivity index (χ3v) is 3.49. The van der Waals surface area contributed by atoms with Gasteiger partial charge in [0, 0.05) is 31.7 Å². The molecule has 92 valence electrons. The average molecular weight is 232 g/mol. The summed E-state index contributed by atoms with van der Waals surface area (Å²) in [5, 5.41) is 0. The second-order valence-corrected chi connectivity index (χ2v) is 4.92. The van der Waals surface area contributed by atoms with Gasteiger partial charge in [-0.1, -0.05) is 30.3 Å². The summed E-state index contributed by atoms with van der Waals surface area (Å²) in [4.78, 5) is 15.2. The fourth-order valence-corrected chi connectivity index (χ4v) is 2.59. The first kappa shape index (κ1) is 12.1. The van der Waals surface area contributed by atoms with Gasteiger partial charge in [-0.25, -0.2) is 0 Å². The predicted molar refractivity (Wildman–Crippen MR) is 68.5 cm³/mol. The summed E-state index contributed by atoms with van der Waals surface area (Å²) in [6, 6.07) is 11.4. The number of carbonyl (C=O) groups excluding carboxylic acids is 1. The molecule has 1 aromatic rings. The lowest BCUT2D eigenvalue weighted by molar-refractivity contribution is -0.122. The summed E-state index contributed by atoms with van der Waals surface area (Å²) in [7, 11) is 0. The zero-order valence-electron chi connectivity index (χ0n) is 10.5. The zero-order valence-corrected chi connectivity index (χ0v) is 10.5. The number of piperazine rings is 1. The largest absolute Gasteiger partial charge is 0.342 e. The van der Waals surface area contributed by atoms with Gasteiger partial charge in [0.2, 0.25) is 6.41 Å². The van der Waals surface area contributed by atoms with Crippen molar-refractivity contribution >= 4 is 6.41 Å². The zero-order chi connectivity index (χ0) is 12.3. The minimum absolute atomic E-state index is 0.421. The lowest BCUT2D eigenvalue weighted by Crippen LogP contribution is -2.55. The molecular weight excluding hydrogens is 212 g/mol. The Balaban J connectivity index is 2.03. The van der Waals surface area contributed by atoms with Crippen molar-refractivity contribution in [3.8, 4) is 0 Å². The fourth-order valence-electron chi connectivity index (χ4n) is 2.59. The van der Waals surface area contributed by atoms with Gasteiger partial charge in [0.25, 0.3) is 0 Å². The molecule has 1 aliphatic heterocycles. The van der Waals surface area contributed by atoms with Crippen molar-refractivity contribution < 1.29 is 4.79 Å². The summed E-state index contributed by atoms with van der Waals surface area (Å²) in [5.74, 6) is 0. The molecule has 3 heteroatoms. The Bertz CT molecular complexity index is 354. The maximum absolute atomic E-state index is 10.8. The third kappa shape index (κ3) is 2.86. The molecule has 0 N–H and O–H groups in total. The first-order valence-corrected chi connectivity index (χ1v) is 6.19. The molecule has 1 amide bonds. The summed E-state index contributed by atoms with van der Waals surface area (Å²) in [5.41, 5.74) is 1.34. The van der Waals surface area contributed by atoms with Crippen LogP contribution >= 0.6 is 0 Å². The van der Waals surface area contributed by atoms with E-state index in [0.29, 0.717) is 12.1 Å². The van der Waals surface area contributed by atoms with Crippen LogP contribution in [0, 0.1) is 0 Å². The van der Waals surface area contributed by atoms with Gasteiger partial charge in [-0.2, -0.15) is 0 Å². The number of carbonyl (C=O) groups is 1. The van der Waals surface area contributed by atoms with Crippen LogP contribution in [-0.2, 0) is 11.3 Å². The summed E-state index contributed by atoms with van der Waals surface area (Å²) in [6.07, 6.45) is 0.965. The molecule has 0 bridgehead atoms. The van der Waals surface area contributed by atoms with Gasteiger partial charge in [-0.3, -0.25) is 9.69 Å². The molecule has 1 aromatic carbocycles. The number of rotatable bonds is 3. The van der Waals surface area contributed by atoms with Crippen molar-refractivity contribution in [1.29, 1.82) is 0 Å². The Hall–Kier alpha value is -1.35. The molecule has 0 aliphatic carbocycles. The molecule has 1 saturated heterocycles. The van der Waals surface area contributed by atoms with Crippen LogP contribution in [-0.4, -0.2) is 41.4 Å². The summed E-state index contributed by atoms with van der Waals surface area (Å²) >= 11 is 0. The Kier molecular flexibility index (Phi) is 3.79. The van der Waals surface area contributed by atoms with E-state index in [-0.39, 0.29) is 0 Å². The van der Waals surface area contributed by atoms with E-state index in [1.165, 1.54) is 5.56 Å². The van der Waals surface area contributed by atoms with Crippen molar-refractivity contribution in [1.82, 2.24) is 9.80 Å². The Morgan fingerprint density at radius 1 is 1.18 bits per heavy atom. The topological polar surface area (TPSA) is 23.6 Å². The van der Waals surface area contributed by atoms with Crippen LogP contribution in [0.15, 0.2) is 30.3 Å². The fraction of sp³-hybridized carbons (Fsp3) is 0.500. The second kappa shape index (κ2) is 5.32. The van der Waals surface area contributed by atoms with E-state index in [9.17, 15) is 4.79 Å². The molecule has 1 heterocycles. The highest BCUT2D eigenvalue weighted by atomic mass is 16.1. The van der Waals surface area contributed by atoms with Crippen molar-refractivity contribution in [3.63, 3.8) is 0 Å². The molecule has 0 aromatic heterocycles. The Labute approximate surface area is 103 Å². The standard InChI is InChI=1S/C14H20N2O/c1-12-8-15(11-17)9-13(2)16(12)10-14-6-4-3-5-7-14/h3-7,11-13H,8-10H2,1-2H3/t12-,13+. The van der Waals surface area contributed by atoms with E-state index in [4.69, 9.17) is 0 Å². The highest BCUT2D eigenvalue weighted by molar-refractivity contribution is 5.47. The van der Waals surface area contributed by atoms with Crippen molar-refractivity contribution in [2.24, 2.45) is 0 Å². The third-order valence-electron chi connectivity index (χ3n) is 3.49. The lowest BCUT2D eigenvalue weighted by Gasteiger charge is -2.43. The smallest absolute Gasteiger partial charge is 0.209 e. The van der Waals surface area contributed by atoms with Gasteiger partial charge in [0.15, 0.2) is 0 Å². The average Bonchev–Trinajstić information content (AvgIpc) is 2.35. The lowest BCUT2D eigenvalue weighted by atomic mass is 10.1. The van der Waals surface area contributed by atoms with E-state index in [0.717, 1.165) is 26.0 Å². The number of benzene rings is 1. The monoisotopic (exact) mass is 232 g/mol. The van der Waals surface area contributed by atoms with Gasteiger partial charge in [0.05, 0.1) is 0 Å². The molecule has 0 spiro atoms. The van der Waals surface area contributed by atoms with Crippen molar-refractivity contribution in [2.75, 3.05) is 13.1 Å². The number of hydrogen-bond acceptors (Lipinski definition) is 2. The summed E-state index contributed by atoms with van der Waals surface area (Å²) < 4.78 is 0. The predicted octanol–water partition coefficient (Wildman–Crippen LogP) is 1.74. The number of amides is 1. The van der Waals surface area contributed by atoms with Gasteiger partial charge >= 0.3 is 0 Å². The normalized spacial score (nSPS) is 25.9. The molecule has 0 saturated carbocycles. The minimum atomic E-state index is 0.421. The molecular formula is C14H20N2O. The minimum Gasteiger partial charge on any atom is -0.342 e. The van der Waals surface area contributed by atoms with Crippen LogP contribution in [0.25, 0.3) is 0 Å². The van der Waals surface area contributed by atoms with Gasteiger partial charge < -0.3 is 4.90 Å². The molecule has 0 unspecified atom stereocenters. The van der Waals surface area contributed by atoms with Crippen LogP contribution in [0.2, 0.25) is 0 Å². The maximum Gasteiger partial charge on any atom is 0.209 e. The molecule has 1 aliphatic rings. The van der Waals surface area contributed by atoms with E-state index in [1.54, 1.807) is 0 Å². The quantitative estimate of drug-likeness (QED) is 0.741. The SMILES string of the molecule is C[C@@H]1CN(C=O)C[C@H](C)N1Cc1ccccc1. The van der Waals surface area contributed by atoms with Crippen LogP contribution in [0.1, 0.15) is 19.4 Å².